The van der Waals surface area contributed by atoms with E-state index < -0.39 is 0 Å². The minimum absolute atomic E-state index is 0.0142. The van der Waals surface area contributed by atoms with E-state index in [9.17, 15) is 10.2 Å². The molecule has 2 aromatic carbocycles. The number of aromatic hydroxyl groups is 2. The standard InChI is InChI=1S/C88H102O8/c1-17-49(9)57-25-65-41-67-27-58(50(10)18-2)29-69(82(67)90)43-71-31-60(52(12)20-4)33-73(84(71)92)45-75-35-62(54(14)22-6)37-77(86(75)94)47-79-39-64(56(16)24-8)40-80(88(79)96)48-78-38-63(55(15)23-7)36-76(87(78)95)46-74-34-61(53(13)21-5)32-72(85(74)93)44-70-30-59(51(11)19-3)28-68(83(70)91)42-66(26-57)81(65)89/h25-39,41,43-44,46-56,64,89,93H,17-24,40,42,45H2,1-16H3/b67-41+,70-44+,71-43+,76-46+,77-47?,80-48+. The van der Waals surface area contributed by atoms with E-state index in [1.165, 1.54) is 0 Å². The number of Topliss-reactive ketones (excluding diaryl/α,β-unsaturated/α-hetero) is 6. The number of benzene rings is 2. The fourth-order valence-corrected chi connectivity index (χ4v) is 13.6. The van der Waals surface area contributed by atoms with Crippen LogP contribution in [-0.4, -0.2) is 44.9 Å². The molecule has 0 heterocycles. The molecular formula is C88H102O8. The van der Waals surface area contributed by atoms with Gasteiger partial charge in [0, 0.05) is 96.4 Å². The van der Waals surface area contributed by atoms with Crippen LogP contribution in [0.15, 0.2) is 204 Å². The summed E-state index contributed by atoms with van der Waals surface area (Å²) in [6.45, 7) is 33.8. The fraction of sp³-hybridized carbons (Fsp3) is 0.409. The molecule has 96 heavy (non-hydrogen) atoms. The third-order valence-corrected chi connectivity index (χ3v) is 22.1. The van der Waals surface area contributed by atoms with Crippen molar-refractivity contribution in [1.29, 1.82) is 0 Å². The summed E-state index contributed by atoms with van der Waals surface area (Å²) in [4.78, 5) is 91.9. The van der Waals surface area contributed by atoms with Gasteiger partial charge in [-0.25, -0.2) is 0 Å². The second kappa shape index (κ2) is 30.8. The van der Waals surface area contributed by atoms with Crippen LogP contribution in [0, 0.1) is 41.4 Å². The zero-order valence-electron chi connectivity index (χ0n) is 59.9. The fourth-order valence-electron chi connectivity index (χ4n) is 13.6. The summed E-state index contributed by atoms with van der Waals surface area (Å²) in [5.74, 6) is -1.57. The highest BCUT2D eigenvalue weighted by atomic mass is 16.3. The Kier molecular flexibility index (Phi) is 23.1. The number of allylic oxidation sites excluding steroid dienone is 31. The molecule has 8 heteroatoms. The molecule has 0 radical (unpaired) electrons. The Labute approximate surface area is 572 Å². The van der Waals surface area contributed by atoms with Crippen molar-refractivity contribution in [2.24, 2.45) is 41.4 Å². The molecule has 16 bridgehead atoms. The SMILES string of the molecule is CCC(C)C1=CC2=CC3=CC(C(C)CC)C/C(=C\C4=CC(C(C)CC)=C/C(=C\c5cc(C(C)CC)cc(c5O)/C=C5\C=C(C(C)CC)C=C(Cc6cc(C(C)CC)cc(c6O)/C=C6\C=C(C(C)CC)C=C(/C=C7\C=C(C(C)CC)C=C(CC(=C1)C2=O)C7=O)C6=O)C5=O)C4=O)C3=O. The zero-order chi connectivity index (χ0) is 69.7. The number of carbonyl (C=O) groups is 6. The quantitative estimate of drug-likeness (QED) is 0.169. The van der Waals surface area contributed by atoms with Crippen molar-refractivity contribution < 1.29 is 39.0 Å². The van der Waals surface area contributed by atoms with Gasteiger partial charge < -0.3 is 10.2 Å². The van der Waals surface area contributed by atoms with Crippen LogP contribution in [0.25, 0.3) is 18.2 Å². The Morgan fingerprint density at radius 3 is 1.02 bits per heavy atom. The van der Waals surface area contributed by atoms with Crippen molar-refractivity contribution in [3.05, 3.63) is 237 Å². The van der Waals surface area contributed by atoms with Crippen LogP contribution in [0.4, 0.5) is 0 Å². The van der Waals surface area contributed by atoms with E-state index in [2.05, 4.69) is 111 Å². The normalized spacial score (nSPS) is 24.0. The maximum Gasteiger partial charge on any atom is 0.193 e. The van der Waals surface area contributed by atoms with Gasteiger partial charge in [0.25, 0.3) is 0 Å². The highest BCUT2D eigenvalue weighted by molar-refractivity contribution is 6.22. The van der Waals surface area contributed by atoms with Gasteiger partial charge in [0.2, 0.25) is 0 Å². The summed E-state index contributed by atoms with van der Waals surface area (Å²) in [5, 5.41) is 25.3. The molecule has 0 saturated heterocycles. The number of phenols is 2. The Morgan fingerprint density at radius 1 is 0.312 bits per heavy atom. The summed E-state index contributed by atoms with van der Waals surface area (Å²) in [6, 6.07) is 7.77. The van der Waals surface area contributed by atoms with E-state index in [1.54, 1.807) is 36.5 Å². The maximum absolute atomic E-state index is 15.3. The number of hydrogen-bond acceptors (Lipinski definition) is 8. The predicted octanol–water partition coefficient (Wildman–Crippen LogP) is 20.7. The molecule has 7 aliphatic carbocycles. The molecule has 502 valence electrons. The molecule has 0 spiro atoms. The second-order valence-corrected chi connectivity index (χ2v) is 28.6. The summed E-state index contributed by atoms with van der Waals surface area (Å²) in [6.07, 6.45) is 38.2. The first-order valence-corrected chi connectivity index (χ1v) is 35.9. The van der Waals surface area contributed by atoms with Gasteiger partial charge in [0.05, 0.1) is 0 Å². The molecule has 2 aromatic rings. The molecule has 0 fully saturated rings. The van der Waals surface area contributed by atoms with Crippen LogP contribution in [0.1, 0.15) is 220 Å². The van der Waals surface area contributed by atoms with Crippen LogP contribution in [0.5, 0.6) is 11.5 Å². The molecule has 9 atom stereocenters. The molecule has 0 saturated carbocycles. The van der Waals surface area contributed by atoms with Gasteiger partial charge in [-0.05, 0) is 246 Å². The Hall–Kier alpha value is -8.36. The van der Waals surface area contributed by atoms with Crippen LogP contribution in [0.2, 0.25) is 0 Å². The Balaban J connectivity index is 1.31. The third-order valence-electron chi connectivity index (χ3n) is 22.1. The van der Waals surface area contributed by atoms with Gasteiger partial charge >= 0.3 is 0 Å². The molecular weight excluding hydrogens is 1180 g/mol. The van der Waals surface area contributed by atoms with E-state index in [0.717, 1.165) is 90.4 Å². The van der Waals surface area contributed by atoms with E-state index in [4.69, 9.17) is 0 Å². The number of hydrogen-bond donors (Lipinski definition) is 2. The number of ketones is 6. The van der Waals surface area contributed by atoms with Gasteiger partial charge in [-0.1, -0.05) is 148 Å². The van der Waals surface area contributed by atoms with E-state index in [-0.39, 0.29) is 112 Å². The average Bonchev–Trinajstić information content (AvgIpc) is 0.805. The summed E-state index contributed by atoms with van der Waals surface area (Å²) < 4.78 is 0. The van der Waals surface area contributed by atoms with Crippen LogP contribution in [0.3, 0.4) is 0 Å². The zero-order valence-corrected chi connectivity index (χ0v) is 59.9. The molecule has 8 nitrogen and oxygen atoms in total. The average molecular weight is 1290 g/mol. The Bertz CT molecular complexity index is 4150. The van der Waals surface area contributed by atoms with Gasteiger partial charge in [0.15, 0.2) is 34.7 Å². The smallest absolute Gasteiger partial charge is 0.193 e. The lowest BCUT2D eigenvalue weighted by Crippen LogP contribution is -2.23. The minimum Gasteiger partial charge on any atom is -0.507 e. The number of rotatable bonds is 16. The molecule has 9 unspecified atom stereocenters. The molecule has 9 rings (SSSR count). The highest BCUT2D eigenvalue weighted by Gasteiger charge is 2.34. The number of fused-ring (bicyclic) bond motifs is 16. The van der Waals surface area contributed by atoms with Crippen LogP contribution in [-0.2, 0) is 35.2 Å². The molecule has 0 aliphatic heterocycles. The lowest BCUT2D eigenvalue weighted by molar-refractivity contribution is -0.113. The lowest BCUT2D eigenvalue weighted by atomic mass is 9.76. The van der Waals surface area contributed by atoms with Crippen molar-refractivity contribution >= 4 is 52.9 Å². The summed E-state index contributed by atoms with van der Waals surface area (Å²) >= 11 is 0. The molecule has 7 aliphatic rings. The third kappa shape index (κ3) is 15.4. The predicted molar refractivity (Wildman–Crippen MR) is 394 cm³/mol. The van der Waals surface area contributed by atoms with Crippen molar-refractivity contribution in [2.45, 2.75) is 193 Å². The molecule has 2 N–H and O–H groups in total. The van der Waals surface area contributed by atoms with Crippen LogP contribution < -0.4 is 0 Å². The topological polar surface area (TPSA) is 143 Å². The van der Waals surface area contributed by atoms with E-state index >= 15 is 28.8 Å². The van der Waals surface area contributed by atoms with Crippen molar-refractivity contribution in [1.82, 2.24) is 0 Å². The van der Waals surface area contributed by atoms with Crippen LogP contribution >= 0.6 is 0 Å². The second-order valence-electron chi connectivity index (χ2n) is 28.6. The van der Waals surface area contributed by atoms with E-state index in [0.29, 0.717) is 95.6 Å². The van der Waals surface area contributed by atoms with Gasteiger partial charge in [-0.2, -0.15) is 0 Å². The lowest BCUT2D eigenvalue weighted by Gasteiger charge is -2.27. The Morgan fingerprint density at radius 2 is 0.625 bits per heavy atom. The minimum atomic E-state index is -0.316. The first-order chi connectivity index (χ1) is 45.8. The van der Waals surface area contributed by atoms with Crippen molar-refractivity contribution in [2.75, 3.05) is 0 Å². The molecule has 0 aromatic heterocycles. The monoisotopic (exact) mass is 1290 g/mol. The van der Waals surface area contributed by atoms with Gasteiger partial charge in [-0.15, -0.1) is 0 Å². The number of phenolic OH excluding ortho intramolecular Hbond substituents is 2. The van der Waals surface area contributed by atoms with Gasteiger partial charge in [0.1, 0.15) is 11.5 Å². The van der Waals surface area contributed by atoms with Gasteiger partial charge in [-0.3, -0.25) is 28.8 Å². The maximum atomic E-state index is 15.3. The molecule has 0 amide bonds. The highest BCUT2D eigenvalue weighted by Crippen LogP contribution is 2.43. The first-order valence-electron chi connectivity index (χ1n) is 35.9. The summed E-state index contributed by atoms with van der Waals surface area (Å²) in [7, 11) is 0. The largest absolute Gasteiger partial charge is 0.507 e. The van der Waals surface area contributed by atoms with Crippen molar-refractivity contribution in [3.63, 3.8) is 0 Å². The first kappa shape index (κ1) is 71.9. The van der Waals surface area contributed by atoms with Crippen molar-refractivity contribution in [3.8, 4) is 11.5 Å². The number of carbonyl (C=O) groups excluding carboxylic acids is 6. The van der Waals surface area contributed by atoms with E-state index in [1.807, 2.05) is 91.1 Å². The summed E-state index contributed by atoms with van der Waals surface area (Å²) in [5.41, 5.74) is 12.7.